The van der Waals surface area contributed by atoms with Crippen molar-refractivity contribution >= 4 is 5.91 Å². The van der Waals surface area contributed by atoms with Crippen molar-refractivity contribution in [1.29, 1.82) is 0 Å². The summed E-state index contributed by atoms with van der Waals surface area (Å²) in [7, 11) is 0. The molecule has 5 nitrogen and oxygen atoms in total. The second kappa shape index (κ2) is 46.8. The van der Waals surface area contributed by atoms with E-state index in [0.717, 1.165) is 25.7 Å². The summed E-state index contributed by atoms with van der Waals surface area (Å²) in [5.74, 6) is -0.280. The minimum atomic E-state index is -0.745. The first kappa shape index (κ1) is 55.1. The van der Waals surface area contributed by atoms with Crippen molar-refractivity contribution in [2.24, 2.45) is 0 Å². The Balaban J connectivity index is 3.46. The Bertz CT molecular complexity index is 788. The Morgan fingerprint density at radius 3 is 1.04 bits per heavy atom. The van der Waals surface area contributed by atoms with E-state index in [0.29, 0.717) is 12.8 Å². The first-order valence-electron chi connectivity index (χ1n) is 25.5. The average molecular weight is 792 g/mol. The van der Waals surface area contributed by atoms with Gasteiger partial charge in [-0.3, -0.25) is 4.79 Å². The zero-order valence-corrected chi connectivity index (χ0v) is 38.0. The van der Waals surface area contributed by atoms with Crippen LogP contribution in [0.1, 0.15) is 284 Å². The molecule has 56 heavy (non-hydrogen) atoms. The first-order chi connectivity index (χ1) is 27.5. The van der Waals surface area contributed by atoms with Gasteiger partial charge in [0.05, 0.1) is 31.3 Å². The molecular weight excluding hydrogens is 691 g/mol. The summed E-state index contributed by atoms with van der Waals surface area (Å²) in [6.07, 6.45) is 56.5. The molecule has 0 saturated carbocycles. The molecule has 4 N–H and O–H groups in total. The summed E-state index contributed by atoms with van der Waals surface area (Å²) in [5.41, 5.74) is 0. The number of hydrogen-bond acceptors (Lipinski definition) is 4. The minimum absolute atomic E-state index is 0.0403. The van der Waals surface area contributed by atoms with Crippen molar-refractivity contribution in [1.82, 2.24) is 5.32 Å². The lowest BCUT2D eigenvalue weighted by Crippen LogP contribution is -2.46. The van der Waals surface area contributed by atoms with Gasteiger partial charge in [0.1, 0.15) is 0 Å². The fraction of sp³-hybridized carbons (Fsp3) is 0.941. The van der Waals surface area contributed by atoms with E-state index in [-0.39, 0.29) is 18.9 Å². The van der Waals surface area contributed by atoms with Crippen molar-refractivity contribution in [3.63, 3.8) is 0 Å². The number of amides is 1. The summed E-state index contributed by atoms with van der Waals surface area (Å²) in [5, 5.41) is 33.4. The highest BCUT2D eigenvalue weighted by molar-refractivity contribution is 5.76. The normalized spacial score (nSPS) is 13.4. The summed E-state index contributed by atoms with van der Waals surface area (Å²) in [6, 6.07) is -0.654. The van der Waals surface area contributed by atoms with Crippen molar-refractivity contribution < 1.29 is 20.1 Å². The molecule has 3 unspecified atom stereocenters. The minimum Gasteiger partial charge on any atom is -0.394 e. The topological polar surface area (TPSA) is 89.8 Å². The van der Waals surface area contributed by atoms with Gasteiger partial charge in [0.25, 0.3) is 0 Å². The summed E-state index contributed by atoms with van der Waals surface area (Å²) in [4.78, 5) is 12.5. The third kappa shape index (κ3) is 42.7. The summed E-state index contributed by atoms with van der Waals surface area (Å²) < 4.78 is 0. The fourth-order valence-corrected chi connectivity index (χ4v) is 8.17. The molecule has 0 fully saturated rings. The monoisotopic (exact) mass is 792 g/mol. The number of hydrogen-bond donors (Lipinski definition) is 4. The lowest BCUT2D eigenvalue weighted by molar-refractivity contribution is -0.125. The third-order valence-corrected chi connectivity index (χ3v) is 12.1. The molecule has 0 aliphatic rings. The van der Waals surface area contributed by atoms with Crippen LogP contribution in [-0.2, 0) is 4.79 Å². The number of aliphatic hydroxyl groups excluding tert-OH is 3. The van der Waals surface area contributed by atoms with E-state index in [2.05, 4.69) is 31.3 Å². The molecule has 0 heterocycles. The maximum atomic E-state index is 12.5. The summed E-state index contributed by atoms with van der Waals surface area (Å²) >= 11 is 0. The number of rotatable bonds is 47. The van der Waals surface area contributed by atoms with Gasteiger partial charge in [0.2, 0.25) is 5.91 Å². The largest absolute Gasteiger partial charge is 0.394 e. The van der Waals surface area contributed by atoms with E-state index in [9.17, 15) is 20.1 Å². The average Bonchev–Trinajstić information content (AvgIpc) is 3.19. The van der Waals surface area contributed by atoms with Crippen molar-refractivity contribution in [3.8, 4) is 0 Å². The highest BCUT2D eigenvalue weighted by atomic mass is 16.3. The van der Waals surface area contributed by atoms with Crippen LogP contribution in [-0.4, -0.2) is 46.1 Å². The maximum Gasteiger partial charge on any atom is 0.222 e. The van der Waals surface area contributed by atoms with Crippen LogP contribution in [0.4, 0.5) is 0 Å². The van der Waals surface area contributed by atoms with Crippen LogP contribution in [0.3, 0.4) is 0 Å². The number of allylic oxidation sites excluding steroid dienone is 2. The third-order valence-electron chi connectivity index (χ3n) is 12.1. The molecule has 0 aromatic rings. The Morgan fingerprint density at radius 2 is 0.714 bits per heavy atom. The van der Waals surface area contributed by atoms with E-state index < -0.39 is 18.2 Å². The Morgan fingerprint density at radius 1 is 0.429 bits per heavy atom. The quantitative estimate of drug-likeness (QED) is 0.0365. The Hall–Kier alpha value is -0.910. The van der Waals surface area contributed by atoms with Gasteiger partial charge in [0.15, 0.2) is 0 Å². The molecule has 334 valence electrons. The lowest BCUT2D eigenvalue weighted by atomic mass is 10.0. The highest BCUT2D eigenvalue weighted by Crippen LogP contribution is 2.17. The molecule has 0 radical (unpaired) electrons. The Labute approximate surface area is 350 Å². The smallest absolute Gasteiger partial charge is 0.222 e. The van der Waals surface area contributed by atoms with Gasteiger partial charge in [0, 0.05) is 0 Å². The van der Waals surface area contributed by atoms with E-state index in [1.54, 1.807) is 0 Å². The van der Waals surface area contributed by atoms with Crippen molar-refractivity contribution in [2.75, 3.05) is 6.61 Å². The van der Waals surface area contributed by atoms with Crippen LogP contribution in [0.5, 0.6) is 0 Å². The molecule has 5 heteroatoms. The van der Waals surface area contributed by atoms with E-state index in [1.807, 2.05) is 0 Å². The second-order valence-corrected chi connectivity index (χ2v) is 17.8. The predicted octanol–water partition coefficient (Wildman–Crippen LogP) is 15.2. The molecule has 0 aliphatic heterocycles. The molecule has 0 bridgehead atoms. The summed E-state index contributed by atoms with van der Waals surface area (Å²) in [6.45, 7) is 4.27. The zero-order chi connectivity index (χ0) is 40.8. The van der Waals surface area contributed by atoms with Crippen molar-refractivity contribution in [3.05, 3.63) is 12.2 Å². The fourth-order valence-electron chi connectivity index (χ4n) is 8.17. The lowest BCUT2D eigenvalue weighted by Gasteiger charge is -2.23. The van der Waals surface area contributed by atoms with Gasteiger partial charge >= 0.3 is 0 Å². The van der Waals surface area contributed by atoms with Gasteiger partial charge in [-0.1, -0.05) is 251 Å². The number of nitrogens with one attached hydrogen (secondary N) is 1. The van der Waals surface area contributed by atoms with Crippen LogP contribution >= 0.6 is 0 Å². The number of unbranched alkanes of at least 4 members (excludes halogenated alkanes) is 36. The maximum absolute atomic E-state index is 12.5. The zero-order valence-electron chi connectivity index (χ0n) is 38.0. The molecule has 0 aromatic carbocycles. The number of carbonyl (C=O) groups is 1. The van der Waals surface area contributed by atoms with Gasteiger partial charge < -0.3 is 20.6 Å². The van der Waals surface area contributed by atoms with Gasteiger partial charge in [-0.25, -0.2) is 0 Å². The molecule has 0 rings (SSSR count). The van der Waals surface area contributed by atoms with E-state index in [4.69, 9.17) is 0 Å². The van der Waals surface area contributed by atoms with Crippen LogP contribution in [0, 0.1) is 0 Å². The van der Waals surface area contributed by atoms with Gasteiger partial charge in [-0.2, -0.15) is 0 Å². The number of aliphatic hydroxyl groups is 3. The van der Waals surface area contributed by atoms with E-state index in [1.165, 1.54) is 225 Å². The number of carbonyl (C=O) groups excluding carboxylic acids is 1. The molecule has 0 aromatic heterocycles. The molecule has 0 saturated heterocycles. The van der Waals surface area contributed by atoms with Crippen LogP contribution < -0.4 is 5.32 Å². The van der Waals surface area contributed by atoms with Crippen molar-refractivity contribution in [2.45, 2.75) is 302 Å². The van der Waals surface area contributed by atoms with E-state index >= 15 is 0 Å². The first-order valence-corrected chi connectivity index (χ1v) is 25.5. The van der Waals surface area contributed by atoms with Crippen LogP contribution in [0.15, 0.2) is 12.2 Å². The molecule has 0 spiro atoms. The van der Waals surface area contributed by atoms with Crippen LogP contribution in [0.2, 0.25) is 0 Å². The second-order valence-electron chi connectivity index (χ2n) is 17.8. The predicted molar refractivity (Wildman–Crippen MR) is 245 cm³/mol. The standard InChI is InChI=1S/C51H101NO4/c1-3-5-7-9-11-13-15-16-17-18-19-20-21-22-23-24-25-26-27-28-29-30-31-32-33-35-36-38-40-42-44-48(54)46-51(56)52-49(47-53)50(55)45-43-41-39-37-34-14-12-10-8-6-4-2/h22-23,48-50,53-55H,3-21,24-47H2,1-2H3,(H,52,56)/b23-22-. The Kier molecular flexibility index (Phi) is 46.0. The highest BCUT2D eigenvalue weighted by Gasteiger charge is 2.21. The van der Waals surface area contributed by atoms with Gasteiger partial charge in [-0.15, -0.1) is 0 Å². The molecular formula is C51H101NO4. The molecule has 1 amide bonds. The van der Waals surface area contributed by atoms with Gasteiger partial charge in [-0.05, 0) is 38.5 Å². The molecule has 0 aliphatic carbocycles. The SMILES string of the molecule is CCCCCCCCCCCCCC/C=C\CCCCCCCCCCCCCCCCC(O)CC(=O)NC(CO)C(O)CCCCCCCCCCCCC. The van der Waals surface area contributed by atoms with Crippen LogP contribution in [0.25, 0.3) is 0 Å². The molecule has 3 atom stereocenters.